The van der Waals surface area contributed by atoms with Gasteiger partial charge in [0.1, 0.15) is 5.51 Å². The van der Waals surface area contributed by atoms with Gasteiger partial charge in [0.25, 0.3) is 10.0 Å². The first-order valence-corrected chi connectivity index (χ1v) is 8.90. The fourth-order valence-corrected chi connectivity index (χ4v) is 4.00. The molecule has 2 aromatic rings. The number of nitrogens with one attached hydrogen (secondary N) is 2. The van der Waals surface area contributed by atoms with E-state index >= 15 is 0 Å². The van der Waals surface area contributed by atoms with Crippen LogP contribution in [-0.2, 0) is 16.6 Å². The van der Waals surface area contributed by atoms with Gasteiger partial charge in [-0.15, -0.1) is 10.2 Å². The molecule has 0 spiro atoms. The highest BCUT2D eigenvalue weighted by atomic mass is 32.2. The molecule has 0 saturated carbocycles. The molecule has 0 saturated heterocycles. The maximum atomic E-state index is 12.5. The Hall–Kier alpha value is -1.51. The smallest absolute Gasteiger partial charge is 0.263 e. The maximum Gasteiger partial charge on any atom is 0.263 e. The van der Waals surface area contributed by atoms with Gasteiger partial charge in [-0.1, -0.05) is 24.3 Å². The Morgan fingerprint density at radius 2 is 2.05 bits per heavy atom. The Balaban J connectivity index is 2.39. The van der Waals surface area contributed by atoms with E-state index in [0.717, 1.165) is 34.6 Å². The number of hydrogen-bond donors (Lipinski definition) is 2. The fourth-order valence-electron chi connectivity index (χ4n) is 1.94. The minimum Gasteiger partial charge on any atom is -0.313 e. The summed E-state index contributed by atoms with van der Waals surface area (Å²) in [6.45, 7) is 7.20. The molecule has 0 aliphatic rings. The average Bonchev–Trinajstić information content (AvgIpc) is 2.91. The van der Waals surface area contributed by atoms with Crippen LogP contribution in [0, 0.1) is 13.8 Å². The van der Waals surface area contributed by atoms with Gasteiger partial charge in [-0.3, -0.25) is 4.72 Å². The number of hydrogen-bond acceptors (Lipinski definition) is 6. The van der Waals surface area contributed by atoms with E-state index in [9.17, 15) is 8.42 Å². The number of sulfonamides is 1. The number of benzene rings is 1. The van der Waals surface area contributed by atoms with Crippen molar-refractivity contribution in [3.8, 4) is 0 Å². The van der Waals surface area contributed by atoms with Crippen LogP contribution in [-0.4, -0.2) is 25.2 Å². The van der Waals surface area contributed by atoms with Crippen LogP contribution in [0.5, 0.6) is 0 Å². The van der Waals surface area contributed by atoms with E-state index in [1.807, 2.05) is 19.9 Å². The van der Waals surface area contributed by atoms with Crippen molar-refractivity contribution in [2.45, 2.75) is 32.2 Å². The van der Waals surface area contributed by atoms with Crippen LogP contribution in [0.15, 0.2) is 22.5 Å². The van der Waals surface area contributed by atoms with Gasteiger partial charge < -0.3 is 5.32 Å². The highest BCUT2D eigenvalue weighted by molar-refractivity contribution is 7.93. The second-order valence-electron chi connectivity index (χ2n) is 4.67. The van der Waals surface area contributed by atoms with Crippen LogP contribution in [0.2, 0.25) is 0 Å². The zero-order valence-corrected chi connectivity index (χ0v) is 13.8. The van der Waals surface area contributed by atoms with Gasteiger partial charge in [0.05, 0.1) is 4.90 Å². The fraction of sp³-hybridized carbons (Fsp3) is 0.385. The summed E-state index contributed by atoms with van der Waals surface area (Å²) in [7, 11) is -3.65. The lowest BCUT2D eigenvalue weighted by molar-refractivity contribution is 0.600. The van der Waals surface area contributed by atoms with Gasteiger partial charge >= 0.3 is 0 Å². The number of rotatable bonds is 6. The molecule has 6 nitrogen and oxygen atoms in total. The number of nitrogens with zero attached hydrogens (tertiary/aromatic N) is 2. The third-order valence-corrected chi connectivity index (χ3v) is 5.33. The predicted molar refractivity (Wildman–Crippen MR) is 84.0 cm³/mol. The highest BCUT2D eigenvalue weighted by Crippen LogP contribution is 2.24. The molecule has 0 aliphatic heterocycles. The topological polar surface area (TPSA) is 84.0 Å². The summed E-state index contributed by atoms with van der Waals surface area (Å²) in [4.78, 5) is 0.283. The molecule has 1 aromatic carbocycles. The molecule has 0 amide bonds. The first-order chi connectivity index (χ1) is 9.94. The van der Waals surface area contributed by atoms with Crippen molar-refractivity contribution >= 4 is 26.5 Å². The van der Waals surface area contributed by atoms with Crippen LogP contribution in [0.25, 0.3) is 0 Å². The summed E-state index contributed by atoms with van der Waals surface area (Å²) in [5.41, 5.74) is 4.12. The number of anilines is 1. The Morgan fingerprint density at radius 3 is 2.67 bits per heavy atom. The van der Waals surface area contributed by atoms with E-state index in [-0.39, 0.29) is 10.0 Å². The van der Waals surface area contributed by atoms with E-state index in [2.05, 4.69) is 20.2 Å². The van der Waals surface area contributed by atoms with Gasteiger partial charge in [-0.25, -0.2) is 8.42 Å². The third-order valence-electron chi connectivity index (χ3n) is 3.13. The summed E-state index contributed by atoms with van der Waals surface area (Å²) >= 11 is 1.15. The molecule has 0 radical (unpaired) electrons. The van der Waals surface area contributed by atoms with E-state index in [1.54, 1.807) is 13.0 Å². The summed E-state index contributed by atoms with van der Waals surface area (Å²) in [6, 6.07) is 3.70. The first-order valence-electron chi connectivity index (χ1n) is 6.54. The minimum atomic E-state index is -3.65. The zero-order valence-electron chi connectivity index (χ0n) is 12.2. The first kappa shape index (κ1) is 15.9. The standard InChI is InChI=1S/C13H18N4O2S2/c1-4-14-7-11-5-9(2)10(3)12(6-11)21(18,19)17-13-16-15-8-20-13/h5-6,8,14H,4,7H2,1-3H3,(H,16,17). The van der Waals surface area contributed by atoms with Gasteiger partial charge in [0, 0.05) is 6.54 Å². The molecular formula is C13H18N4O2S2. The van der Waals surface area contributed by atoms with Gasteiger partial charge in [-0.2, -0.15) is 0 Å². The lowest BCUT2D eigenvalue weighted by Gasteiger charge is -2.13. The van der Waals surface area contributed by atoms with Crippen LogP contribution in [0.3, 0.4) is 0 Å². The van der Waals surface area contributed by atoms with Gasteiger partial charge in [-0.05, 0) is 43.1 Å². The van der Waals surface area contributed by atoms with Crippen molar-refractivity contribution < 1.29 is 8.42 Å². The molecule has 1 aromatic heterocycles. The molecular weight excluding hydrogens is 308 g/mol. The molecule has 0 atom stereocenters. The second-order valence-corrected chi connectivity index (χ2v) is 7.15. The van der Waals surface area contributed by atoms with Crippen molar-refractivity contribution in [1.29, 1.82) is 0 Å². The van der Waals surface area contributed by atoms with Crippen molar-refractivity contribution in [3.63, 3.8) is 0 Å². The summed E-state index contributed by atoms with van der Waals surface area (Å²) in [5.74, 6) is 0. The molecule has 0 fully saturated rings. The molecule has 1 heterocycles. The monoisotopic (exact) mass is 326 g/mol. The van der Waals surface area contributed by atoms with Crippen molar-refractivity contribution in [3.05, 3.63) is 34.3 Å². The molecule has 114 valence electrons. The third kappa shape index (κ3) is 3.78. The van der Waals surface area contributed by atoms with E-state index in [1.165, 1.54) is 5.51 Å². The normalized spacial score (nSPS) is 11.6. The van der Waals surface area contributed by atoms with Crippen molar-refractivity contribution in [2.24, 2.45) is 0 Å². The Labute approximate surface area is 128 Å². The zero-order chi connectivity index (χ0) is 15.5. The molecule has 8 heteroatoms. The Bertz CT molecular complexity index is 712. The quantitative estimate of drug-likeness (QED) is 0.849. The SMILES string of the molecule is CCNCc1cc(C)c(C)c(S(=O)(=O)Nc2nncs2)c1. The largest absolute Gasteiger partial charge is 0.313 e. The van der Waals surface area contributed by atoms with Crippen LogP contribution < -0.4 is 10.0 Å². The summed E-state index contributed by atoms with van der Waals surface area (Å²) < 4.78 is 27.5. The summed E-state index contributed by atoms with van der Waals surface area (Å²) in [6.07, 6.45) is 0. The van der Waals surface area contributed by atoms with Gasteiger partial charge in [0.2, 0.25) is 5.13 Å². The molecule has 21 heavy (non-hydrogen) atoms. The van der Waals surface area contributed by atoms with Crippen LogP contribution in [0.1, 0.15) is 23.6 Å². The van der Waals surface area contributed by atoms with Crippen LogP contribution in [0.4, 0.5) is 5.13 Å². The average molecular weight is 326 g/mol. The molecule has 2 N–H and O–H groups in total. The van der Waals surface area contributed by atoms with E-state index < -0.39 is 10.0 Å². The molecule has 0 bridgehead atoms. The summed E-state index contributed by atoms with van der Waals surface area (Å²) in [5, 5.41) is 10.8. The molecule has 2 rings (SSSR count). The molecule has 0 aliphatic carbocycles. The van der Waals surface area contributed by atoms with E-state index in [0.29, 0.717) is 6.54 Å². The molecule has 0 unspecified atom stereocenters. The van der Waals surface area contributed by atoms with Gasteiger partial charge in [0.15, 0.2) is 0 Å². The van der Waals surface area contributed by atoms with Crippen molar-refractivity contribution in [1.82, 2.24) is 15.5 Å². The number of aryl methyl sites for hydroxylation is 1. The second kappa shape index (κ2) is 6.50. The Kier molecular flexibility index (Phi) is 4.92. The lowest BCUT2D eigenvalue weighted by Crippen LogP contribution is -2.17. The predicted octanol–water partition coefficient (Wildman–Crippen LogP) is 2.07. The van der Waals surface area contributed by atoms with E-state index in [4.69, 9.17) is 0 Å². The number of aromatic nitrogens is 2. The maximum absolute atomic E-state index is 12.5. The lowest BCUT2D eigenvalue weighted by atomic mass is 10.1. The minimum absolute atomic E-state index is 0.268. The van der Waals surface area contributed by atoms with Crippen LogP contribution >= 0.6 is 11.3 Å². The van der Waals surface area contributed by atoms with Crippen molar-refractivity contribution in [2.75, 3.05) is 11.3 Å². The highest BCUT2D eigenvalue weighted by Gasteiger charge is 2.20. The Morgan fingerprint density at radius 1 is 1.29 bits per heavy atom.